The molecule has 0 aromatic heterocycles. The van der Waals surface area contributed by atoms with Gasteiger partial charge in [0.1, 0.15) is 0 Å². The minimum Gasteiger partial charge on any atom is -0.340 e. The van der Waals surface area contributed by atoms with Gasteiger partial charge in [0.15, 0.2) is 0 Å². The molecule has 1 amide bonds. The maximum atomic E-state index is 12.5. The summed E-state index contributed by atoms with van der Waals surface area (Å²) in [5.41, 5.74) is 0. The van der Waals surface area contributed by atoms with E-state index in [1.165, 1.54) is 19.4 Å². The van der Waals surface area contributed by atoms with Crippen molar-refractivity contribution in [1.29, 1.82) is 0 Å². The first-order valence-electron chi connectivity index (χ1n) is 8.02. The zero-order chi connectivity index (χ0) is 13.7. The molecule has 4 nitrogen and oxygen atoms in total. The number of nitrogens with one attached hydrogen (secondary N) is 1. The van der Waals surface area contributed by atoms with Gasteiger partial charge in [0.05, 0.1) is 6.04 Å². The van der Waals surface area contributed by atoms with Crippen LogP contribution in [0.15, 0.2) is 0 Å². The van der Waals surface area contributed by atoms with Gasteiger partial charge >= 0.3 is 0 Å². The fourth-order valence-electron chi connectivity index (χ4n) is 3.40. The van der Waals surface area contributed by atoms with Gasteiger partial charge in [-0.25, -0.2) is 0 Å². The number of likely N-dealkylation sites (N-methyl/N-ethyl adjacent to an activating group) is 1. The Morgan fingerprint density at radius 3 is 2.74 bits per heavy atom. The average molecular weight is 267 g/mol. The molecule has 2 aliphatic heterocycles. The van der Waals surface area contributed by atoms with Crippen LogP contribution < -0.4 is 5.32 Å². The molecule has 110 valence electrons. The Bertz CT molecular complexity index is 295. The van der Waals surface area contributed by atoms with Gasteiger partial charge in [0.25, 0.3) is 0 Å². The van der Waals surface area contributed by atoms with Crippen molar-refractivity contribution in [2.75, 3.05) is 32.7 Å². The molecule has 1 N–H and O–H groups in total. The zero-order valence-corrected chi connectivity index (χ0v) is 12.5. The van der Waals surface area contributed by atoms with Gasteiger partial charge in [-0.2, -0.15) is 0 Å². The Labute approximate surface area is 117 Å². The van der Waals surface area contributed by atoms with E-state index < -0.39 is 0 Å². The minimum atomic E-state index is 0.0742. The molecule has 4 heteroatoms. The molecular weight excluding hydrogens is 238 g/mol. The van der Waals surface area contributed by atoms with Crippen molar-refractivity contribution in [2.45, 2.75) is 58.0 Å². The number of likely N-dealkylation sites (tertiary alicyclic amines) is 2. The third kappa shape index (κ3) is 3.69. The predicted octanol–water partition coefficient (Wildman–Crippen LogP) is 1.46. The first-order valence-corrected chi connectivity index (χ1v) is 8.02. The highest BCUT2D eigenvalue weighted by Crippen LogP contribution is 2.20. The number of amides is 1. The summed E-state index contributed by atoms with van der Waals surface area (Å²) in [7, 11) is 0. The maximum absolute atomic E-state index is 12.5. The highest BCUT2D eigenvalue weighted by molar-refractivity contribution is 5.82. The summed E-state index contributed by atoms with van der Waals surface area (Å²) in [5.74, 6) is 0.336. The summed E-state index contributed by atoms with van der Waals surface area (Å²) in [6, 6.07) is 0.670. The van der Waals surface area contributed by atoms with E-state index in [9.17, 15) is 4.79 Å². The van der Waals surface area contributed by atoms with E-state index in [2.05, 4.69) is 29.0 Å². The molecule has 0 aromatic carbocycles. The van der Waals surface area contributed by atoms with Crippen molar-refractivity contribution >= 4 is 5.91 Å². The topological polar surface area (TPSA) is 35.6 Å². The van der Waals surface area contributed by atoms with Crippen molar-refractivity contribution in [3.05, 3.63) is 0 Å². The summed E-state index contributed by atoms with van der Waals surface area (Å²) in [6.07, 6.45) is 5.79. The van der Waals surface area contributed by atoms with Crippen molar-refractivity contribution < 1.29 is 4.79 Å². The second-order valence-corrected chi connectivity index (χ2v) is 5.86. The van der Waals surface area contributed by atoms with Crippen LogP contribution in [-0.2, 0) is 4.79 Å². The number of hydrogen-bond acceptors (Lipinski definition) is 3. The standard InChI is InChI=1S/C15H29N3O/c1-3-9-16-14-8-6-11-18(15(14)19)12-13-7-5-10-17(13)4-2/h13-14,16H,3-12H2,1-2H3. The lowest BCUT2D eigenvalue weighted by Gasteiger charge is -2.36. The second-order valence-electron chi connectivity index (χ2n) is 5.86. The summed E-state index contributed by atoms with van der Waals surface area (Å²) in [6.45, 7) is 9.55. The number of hydrogen-bond donors (Lipinski definition) is 1. The molecule has 2 fully saturated rings. The number of carbonyl (C=O) groups is 1. The Hall–Kier alpha value is -0.610. The summed E-state index contributed by atoms with van der Waals surface area (Å²) in [4.78, 5) is 17.1. The Morgan fingerprint density at radius 1 is 1.21 bits per heavy atom. The highest BCUT2D eigenvalue weighted by Gasteiger charge is 2.32. The van der Waals surface area contributed by atoms with Crippen LogP contribution in [0.2, 0.25) is 0 Å². The third-order valence-electron chi connectivity index (χ3n) is 4.51. The van der Waals surface area contributed by atoms with Gasteiger partial charge in [-0.05, 0) is 51.7 Å². The predicted molar refractivity (Wildman–Crippen MR) is 78.2 cm³/mol. The minimum absolute atomic E-state index is 0.0742. The molecule has 0 radical (unpaired) electrons. The molecule has 0 aliphatic carbocycles. The number of nitrogens with zero attached hydrogens (tertiary/aromatic N) is 2. The van der Waals surface area contributed by atoms with E-state index in [1.807, 2.05) is 0 Å². The first kappa shape index (κ1) is 14.8. The molecule has 2 aliphatic rings. The van der Waals surface area contributed by atoms with Gasteiger partial charge < -0.3 is 10.2 Å². The summed E-state index contributed by atoms with van der Waals surface area (Å²) >= 11 is 0. The van der Waals surface area contributed by atoms with E-state index in [4.69, 9.17) is 0 Å². The van der Waals surface area contributed by atoms with Gasteiger partial charge in [-0.3, -0.25) is 9.69 Å². The van der Waals surface area contributed by atoms with Crippen LogP contribution in [0.5, 0.6) is 0 Å². The smallest absolute Gasteiger partial charge is 0.239 e. The Kier molecular flexibility index (Phi) is 5.64. The lowest BCUT2D eigenvalue weighted by molar-refractivity contribution is -0.136. The van der Waals surface area contributed by atoms with Gasteiger partial charge in [-0.15, -0.1) is 0 Å². The molecule has 2 atom stereocenters. The van der Waals surface area contributed by atoms with Crippen LogP contribution in [0.1, 0.15) is 46.0 Å². The fourth-order valence-corrected chi connectivity index (χ4v) is 3.40. The van der Waals surface area contributed by atoms with Crippen LogP contribution in [0.3, 0.4) is 0 Å². The van der Waals surface area contributed by atoms with Crippen LogP contribution in [0.4, 0.5) is 0 Å². The second kappa shape index (κ2) is 7.25. The normalized spacial score (nSPS) is 29.2. The molecule has 0 saturated carbocycles. The average Bonchev–Trinajstić information content (AvgIpc) is 2.87. The van der Waals surface area contributed by atoms with Gasteiger partial charge in [0, 0.05) is 19.1 Å². The van der Waals surface area contributed by atoms with Crippen molar-refractivity contribution in [3.8, 4) is 0 Å². The van der Waals surface area contributed by atoms with Gasteiger partial charge in [0.2, 0.25) is 5.91 Å². The molecule has 0 aromatic rings. The van der Waals surface area contributed by atoms with Crippen molar-refractivity contribution in [1.82, 2.24) is 15.1 Å². The summed E-state index contributed by atoms with van der Waals surface area (Å²) < 4.78 is 0. The molecule has 2 unspecified atom stereocenters. The van der Waals surface area contributed by atoms with Crippen LogP contribution in [0, 0.1) is 0 Å². The quantitative estimate of drug-likeness (QED) is 0.791. The Morgan fingerprint density at radius 2 is 2.00 bits per heavy atom. The first-order chi connectivity index (χ1) is 9.26. The summed E-state index contributed by atoms with van der Waals surface area (Å²) in [5, 5.41) is 3.40. The third-order valence-corrected chi connectivity index (χ3v) is 4.51. The van der Waals surface area contributed by atoms with Crippen molar-refractivity contribution in [3.63, 3.8) is 0 Å². The highest BCUT2D eigenvalue weighted by atomic mass is 16.2. The largest absolute Gasteiger partial charge is 0.340 e. The monoisotopic (exact) mass is 267 g/mol. The van der Waals surface area contributed by atoms with Crippen LogP contribution in [-0.4, -0.2) is 60.5 Å². The molecule has 2 heterocycles. The van der Waals surface area contributed by atoms with Gasteiger partial charge in [-0.1, -0.05) is 13.8 Å². The van der Waals surface area contributed by atoms with E-state index in [0.717, 1.165) is 45.4 Å². The van der Waals surface area contributed by atoms with Crippen LogP contribution in [0.25, 0.3) is 0 Å². The molecule has 0 bridgehead atoms. The lowest BCUT2D eigenvalue weighted by Crippen LogP contribution is -2.53. The molecular formula is C15H29N3O. The lowest BCUT2D eigenvalue weighted by atomic mass is 10.0. The van der Waals surface area contributed by atoms with E-state index in [0.29, 0.717) is 11.9 Å². The maximum Gasteiger partial charge on any atom is 0.239 e. The van der Waals surface area contributed by atoms with Crippen LogP contribution >= 0.6 is 0 Å². The fraction of sp³-hybridized carbons (Fsp3) is 0.933. The number of carbonyl (C=O) groups excluding carboxylic acids is 1. The van der Waals surface area contributed by atoms with Crippen molar-refractivity contribution in [2.24, 2.45) is 0 Å². The van der Waals surface area contributed by atoms with E-state index in [-0.39, 0.29) is 6.04 Å². The zero-order valence-electron chi connectivity index (χ0n) is 12.5. The van der Waals surface area contributed by atoms with E-state index in [1.54, 1.807) is 0 Å². The number of rotatable bonds is 6. The molecule has 2 saturated heterocycles. The molecule has 2 rings (SSSR count). The SMILES string of the molecule is CCCNC1CCCN(CC2CCCN2CC)C1=O. The number of piperidine rings is 1. The molecule has 19 heavy (non-hydrogen) atoms. The molecule has 0 spiro atoms. The van der Waals surface area contributed by atoms with E-state index >= 15 is 0 Å². The Balaban J connectivity index is 1.87.